The Balaban J connectivity index is 1.73. The maximum Gasteiger partial charge on any atom is 0.349 e. The first-order valence-electron chi connectivity index (χ1n) is 7.35. The Morgan fingerprint density at radius 3 is 2.42 bits per heavy atom. The first kappa shape index (κ1) is 15.2. The lowest BCUT2D eigenvalue weighted by molar-refractivity contribution is -0.162. The predicted octanol–water partition coefficient (Wildman–Crippen LogP) is 3.83. The van der Waals surface area contributed by atoms with E-state index in [0.29, 0.717) is 41.0 Å². The molecule has 1 amide bonds. The number of hydrogen-bond acceptors (Lipinski definition) is 3. The smallest absolute Gasteiger partial charge is 0.349 e. The highest BCUT2D eigenvalue weighted by Gasteiger charge is 2.64. The zero-order valence-corrected chi connectivity index (χ0v) is 13.1. The quantitative estimate of drug-likeness (QED) is 0.772. The second-order valence-corrected chi connectivity index (χ2v) is 6.02. The summed E-state index contributed by atoms with van der Waals surface area (Å²) in [7, 11) is 0. The van der Waals surface area contributed by atoms with Gasteiger partial charge in [-0.25, -0.2) is 0 Å². The summed E-state index contributed by atoms with van der Waals surface area (Å²) in [5.74, 6) is -3.72. The van der Waals surface area contributed by atoms with Crippen LogP contribution in [-0.4, -0.2) is 25.0 Å². The van der Waals surface area contributed by atoms with E-state index in [2.05, 4.69) is 0 Å². The molecule has 0 saturated carbocycles. The number of benzene rings is 2. The summed E-state index contributed by atoms with van der Waals surface area (Å²) in [6.45, 7) is 0.807. The van der Waals surface area contributed by atoms with Gasteiger partial charge in [-0.3, -0.25) is 9.69 Å². The number of alkyl halides is 2. The van der Waals surface area contributed by atoms with E-state index in [9.17, 15) is 13.6 Å². The van der Waals surface area contributed by atoms with Gasteiger partial charge in [0.2, 0.25) is 0 Å². The first-order chi connectivity index (χ1) is 11.5. The second-order valence-electron chi connectivity index (χ2n) is 5.58. The maximum absolute atomic E-state index is 14.2. The standard InChI is InChI=1S/C17H12ClF2NO3/c18-11-3-1-10(2-4-11)15-17(19,20)16(22)21(15)12-5-6-13-14(9-12)24-8-7-23-13/h1-6,9,15H,7-8H2/t15-/m0/s1. The molecular formula is C17H12ClF2NO3. The zero-order valence-electron chi connectivity index (χ0n) is 12.3. The molecule has 0 spiro atoms. The van der Waals surface area contributed by atoms with Crippen LogP contribution in [0.4, 0.5) is 14.5 Å². The van der Waals surface area contributed by atoms with Crippen molar-refractivity contribution >= 4 is 23.2 Å². The lowest BCUT2D eigenvalue weighted by atomic mass is 9.89. The Bertz CT molecular complexity index is 810. The average molecular weight is 352 g/mol. The minimum absolute atomic E-state index is 0.318. The maximum atomic E-state index is 14.2. The Kier molecular flexibility index (Phi) is 3.38. The molecule has 2 aromatic rings. The Hall–Kier alpha value is -2.34. The van der Waals surface area contributed by atoms with Crippen LogP contribution in [0.3, 0.4) is 0 Å². The van der Waals surface area contributed by atoms with Gasteiger partial charge in [0, 0.05) is 16.8 Å². The highest BCUT2D eigenvalue weighted by atomic mass is 35.5. The van der Waals surface area contributed by atoms with Crippen molar-refractivity contribution in [3.05, 3.63) is 53.1 Å². The van der Waals surface area contributed by atoms with Crippen LogP contribution in [-0.2, 0) is 4.79 Å². The minimum Gasteiger partial charge on any atom is -0.486 e. The molecule has 2 aromatic carbocycles. The van der Waals surface area contributed by atoms with Gasteiger partial charge in [0.25, 0.3) is 0 Å². The number of nitrogens with zero attached hydrogens (tertiary/aromatic N) is 1. The number of amides is 1. The number of β-lactam (4-membered cyclic amide) rings is 1. The topological polar surface area (TPSA) is 38.8 Å². The first-order valence-corrected chi connectivity index (χ1v) is 7.73. The molecule has 24 heavy (non-hydrogen) atoms. The molecule has 4 nitrogen and oxygen atoms in total. The minimum atomic E-state index is -3.46. The number of carbonyl (C=O) groups excluding carboxylic acids is 1. The lowest BCUT2D eigenvalue weighted by Gasteiger charge is -2.46. The third kappa shape index (κ3) is 2.21. The largest absolute Gasteiger partial charge is 0.486 e. The number of rotatable bonds is 2. The molecule has 0 aromatic heterocycles. The molecule has 7 heteroatoms. The average Bonchev–Trinajstić information content (AvgIpc) is 2.60. The van der Waals surface area contributed by atoms with Crippen LogP contribution < -0.4 is 14.4 Å². The normalized spacial score (nSPS) is 21.4. The van der Waals surface area contributed by atoms with Crippen molar-refractivity contribution in [1.82, 2.24) is 0 Å². The zero-order chi connectivity index (χ0) is 16.9. The Morgan fingerprint density at radius 1 is 1.04 bits per heavy atom. The highest BCUT2D eigenvalue weighted by molar-refractivity contribution is 6.30. The summed E-state index contributed by atoms with van der Waals surface area (Å²) in [6.07, 6.45) is 0. The molecule has 0 aliphatic carbocycles. The molecule has 2 aliphatic heterocycles. The summed E-state index contributed by atoms with van der Waals surface area (Å²) in [4.78, 5) is 13.1. The van der Waals surface area contributed by atoms with E-state index < -0.39 is 17.9 Å². The van der Waals surface area contributed by atoms with Gasteiger partial charge in [-0.15, -0.1) is 0 Å². The van der Waals surface area contributed by atoms with Crippen LogP contribution in [0.5, 0.6) is 11.5 Å². The lowest BCUT2D eigenvalue weighted by Crippen LogP contribution is -2.64. The molecule has 1 fully saturated rings. The number of anilines is 1. The van der Waals surface area contributed by atoms with E-state index in [-0.39, 0.29) is 0 Å². The molecule has 0 N–H and O–H groups in total. The van der Waals surface area contributed by atoms with E-state index in [1.165, 1.54) is 24.3 Å². The van der Waals surface area contributed by atoms with E-state index in [1.807, 2.05) is 0 Å². The van der Waals surface area contributed by atoms with E-state index in [4.69, 9.17) is 21.1 Å². The molecule has 4 rings (SSSR count). The summed E-state index contributed by atoms with van der Waals surface area (Å²) < 4.78 is 39.2. The molecular weight excluding hydrogens is 340 g/mol. The van der Waals surface area contributed by atoms with Crippen molar-refractivity contribution in [1.29, 1.82) is 0 Å². The number of halogens is 3. The van der Waals surface area contributed by atoms with Crippen molar-refractivity contribution in [2.24, 2.45) is 0 Å². The van der Waals surface area contributed by atoms with Crippen LogP contribution in [0.1, 0.15) is 11.6 Å². The van der Waals surface area contributed by atoms with E-state index >= 15 is 0 Å². The fourth-order valence-electron chi connectivity index (χ4n) is 2.94. The summed E-state index contributed by atoms with van der Waals surface area (Å²) in [6, 6.07) is 9.41. The molecule has 0 unspecified atom stereocenters. The molecule has 124 valence electrons. The fourth-order valence-corrected chi connectivity index (χ4v) is 3.07. The molecule has 2 aliphatic rings. The van der Waals surface area contributed by atoms with Gasteiger partial charge in [-0.2, -0.15) is 8.78 Å². The SMILES string of the molecule is O=C1N(c2ccc3c(c2)OCCO3)[C@@H](c2ccc(Cl)cc2)C1(F)F. The third-order valence-electron chi connectivity index (χ3n) is 4.10. The van der Waals surface area contributed by atoms with Gasteiger partial charge in [0.15, 0.2) is 11.5 Å². The molecule has 1 saturated heterocycles. The van der Waals surface area contributed by atoms with Crippen LogP contribution in [0, 0.1) is 0 Å². The highest BCUT2D eigenvalue weighted by Crippen LogP contribution is 2.50. The number of fused-ring (bicyclic) bond motifs is 1. The molecule has 0 bridgehead atoms. The fraction of sp³-hybridized carbons (Fsp3) is 0.235. The van der Waals surface area contributed by atoms with Crippen LogP contribution in [0.25, 0.3) is 0 Å². The monoisotopic (exact) mass is 351 g/mol. The van der Waals surface area contributed by atoms with Crippen molar-refractivity contribution < 1.29 is 23.0 Å². The Morgan fingerprint density at radius 2 is 1.71 bits per heavy atom. The number of hydrogen-bond donors (Lipinski definition) is 0. The molecule has 0 radical (unpaired) electrons. The van der Waals surface area contributed by atoms with Crippen LogP contribution in [0.15, 0.2) is 42.5 Å². The Labute approximate surface area is 141 Å². The van der Waals surface area contributed by atoms with Gasteiger partial charge in [0.1, 0.15) is 19.3 Å². The van der Waals surface area contributed by atoms with Gasteiger partial charge >= 0.3 is 11.8 Å². The van der Waals surface area contributed by atoms with Crippen molar-refractivity contribution in [2.75, 3.05) is 18.1 Å². The summed E-state index contributed by atoms with van der Waals surface area (Å²) in [5, 5.41) is 0.443. The third-order valence-corrected chi connectivity index (χ3v) is 4.35. The van der Waals surface area contributed by atoms with Crippen molar-refractivity contribution in [2.45, 2.75) is 12.0 Å². The van der Waals surface area contributed by atoms with Crippen molar-refractivity contribution in [3.8, 4) is 11.5 Å². The number of carbonyl (C=O) groups is 1. The van der Waals surface area contributed by atoms with Gasteiger partial charge in [0.05, 0.1) is 0 Å². The van der Waals surface area contributed by atoms with Crippen LogP contribution >= 0.6 is 11.6 Å². The van der Waals surface area contributed by atoms with Gasteiger partial charge in [-0.05, 0) is 29.8 Å². The van der Waals surface area contributed by atoms with E-state index in [0.717, 1.165) is 4.90 Å². The van der Waals surface area contributed by atoms with Crippen molar-refractivity contribution in [3.63, 3.8) is 0 Å². The molecule has 2 heterocycles. The van der Waals surface area contributed by atoms with Crippen LogP contribution in [0.2, 0.25) is 5.02 Å². The molecule has 1 atom stereocenters. The second kappa shape index (κ2) is 5.34. The summed E-state index contributed by atoms with van der Waals surface area (Å²) >= 11 is 5.81. The van der Waals surface area contributed by atoms with Gasteiger partial charge in [-0.1, -0.05) is 23.7 Å². The van der Waals surface area contributed by atoms with E-state index in [1.54, 1.807) is 18.2 Å². The predicted molar refractivity (Wildman–Crippen MR) is 84.1 cm³/mol. The van der Waals surface area contributed by atoms with Gasteiger partial charge < -0.3 is 9.47 Å². The summed E-state index contributed by atoms with van der Waals surface area (Å²) in [5.41, 5.74) is 0.661. The number of ether oxygens (including phenoxy) is 2.